The first-order valence-electron chi connectivity index (χ1n) is 8.59. The molecule has 2 aromatic carbocycles. The minimum Gasteiger partial charge on any atom is -0.497 e. The molecule has 3 rings (SSSR count). The summed E-state index contributed by atoms with van der Waals surface area (Å²) < 4.78 is 11.0. The molecule has 0 unspecified atom stereocenters. The fourth-order valence-corrected chi connectivity index (χ4v) is 2.98. The van der Waals surface area contributed by atoms with Crippen molar-refractivity contribution in [2.24, 2.45) is 0 Å². The SMILES string of the molecule is COc1ccc(OCCN2CCN(Cc3ccccc3)CC2)cc1.Cl.Cl. The van der Waals surface area contributed by atoms with Crippen molar-refractivity contribution in [2.45, 2.75) is 6.54 Å². The second kappa shape index (κ2) is 12.0. The Morgan fingerprint density at radius 3 is 1.96 bits per heavy atom. The van der Waals surface area contributed by atoms with Crippen LogP contribution in [-0.2, 0) is 6.54 Å². The Labute approximate surface area is 168 Å². The lowest BCUT2D eigenvalue weighted by Gasteiger charge is -2.34. The number of benzene rings is 2. The predicted molar refractivity (Wildman–Crippen MR) is 111 cm³/mol. The van der Waals surface area contributed by atoms with Crippen molar-refractivity contribution in [3.63, 3.8) is 0 Å². The van der Waals surface area contributed by atoms with E-state index in [0.29, 0.717) is 0 Å². The molecule has 1 aliphatic rings. The van der Waals surface area contributed by atoms with E-state index in [0.717, 1.165) is 57.4 Å². The summed E-state index contributed by atoms with van der Waals surface area (Å²) in [5, 5.41) is 0. The van der Waals surface area contributed by atoms with Gasteiger partial charge in [-0.05, 0) is 29.8 Å². The Bertz CT molecular complexity index is 603. The average molecular weight is 399 g/mol. The maximum absolute atomic E-state index is 5.82. The number of hydrogen-bond donors (Lipinski definition) is 0. The zero-order valence-corrected chi connectivity index (χ0v) is 16.8. The molecule has 0 saturated carbocycles. The molecule has 26 heavy (non-hydrogen) atoms. The van der Waals surface area contributed by atoms with E-state index in [2.05, 4.69) is 40.1 Å². The molecule has 0 bridgehead atoms. The van der Waals surface area contributed by atoms with Gasteiger partial charge in [0.15, 0.2) is 0 Å². The topological polar surface area (TPSA) is 24.9 Å². The monoisotopic (exact) mass is 398 g/mol. The van der Waals surface area contributed by atoms with Gasteiger partial charge >= 0.3 is 0 Å². The van der Waals surface area contributed by atoms with Crippen molar-refractivity contribution in [1.29, 1.82) is 0 Å². The second-order valence-corrected chi connectivity index (χ2v) is 6.13. The maximum Gasteiger partial charge on any atom is 0.119 e. The molecule has 1 aliphatic heterocycles. The molecule has 0 spiro atoms. The van der Waals surface area contributed by atoms with Gasteiger partial charge in [0.2, 0.25) is 0 Å². The number of nitrogens with zero attached hydrogens (tertiary/aromatic N) is 2. The van der Waals surface area contributed by atoms with Crippen molar-refractivity contribution >= 4 is 24.8 Å². The molecule has 1 heterocycles. The minimum atomic E-state index is 0. The van der Waals surface area contributed by atoms with Gasteiger partial charge in [0.25, 0.3) is 0 Å². The molecule has 2 aromatic rings. The van der Waals surface area contributed by atoms with Crippen LogP contribution in [0.4, 0.5) is 0 Å². The van der Waals surface area contributed by atoms with E-state index in [1.807, 2.05) is 24.3 Å². The predicted octanol–water partition coefficient (Wildman–Crippen LogP) is 3.74. The molecular formula is C20H28Cl2N2O2. The van der Waals surface area contributed by atoms with Gasteiger partial charge in [-0.3, -0.25) is 9.80 Å². The number of piperazine rings is 1. The first-order chi connectivity index (χ1) is 11.8. The molecule has 6 heteroatoms. The van der Waals surface area contributed by atoms with Gasteiger partial charge < -0.3 is 9.47 Å². The van der Waals surface area contributed by atoms with Gasteiger partial charge in [-0.2, -0.15) is 0 Å². The molecule has 0 atom stereocenters. The van der Waals surface area contributed by atoms with E-state index >= 15 is 0 Å². The molecule has 4 nitrogen and oxygen atoms in total. The summed E-state index contributed by atoms with van der Waals surface area (Å²) in [6, 6.07) is 18.5. The van der Waals surface area contributed by atoms with Crippen LogP contribution in [0.5, 0.6) is 11.5 Å². The van der Waals surface area contributed by atoms with E-state index in [9.17, 15) is 0 Å². The first kappa shape index (κ1) is 22.6. The summed E-state index contributed by atoms with van der Waals surface area (Å²) in [7, 11) is 1.67. The van der Waals surface area contributed by atoms with Crippen LogP contribution < -0.4 is 9.47 Å². The number of hydrogen-bond acceptors (Lipinski definition) is 4. The molecule has 0 aliphatic carbocycles. The lowest BCUT2D eigenvalue weighted by molar-refractivity contribution is 0.112. The van der Waals surface area contributed by atoms with Crippen molar-refractivity contribution in [3.8, 4) is 11.5 Å². The Hall–Kier alpha value is -1.46. The van der Waals surface area contributed by atoms with Crippen LogP contribution in [0.15, 0.2) is 54.6 Å². The summed E-state index contributed by atoms with van der Waals surface area (Å²) in [6.07, 6.45) is 0. The van der Waals surface area contributed by atoms with Gasteiger partial charge in [0, 0.05) is 39.3 Å². The van der Waals surface area contributed by atoms with Crippen molar-refractivity contribution < 1.29 is 9.47 Å². The summed E-state index contributed by atoms with van der Waals surface area (Å²) >= 11 is 0. The van der Waals surface area contributed by atoms with E-state index in [4.69, 9.17) is 9.47 Å². The molecule has 0 amide bonds. The molecule has 144 valence electrons. The van der Waals surface area contributed by atoms with Crippen LogP contribution in [0.1, 0.15) is 5.56 Å². The molecular weight excluding hydrogens is 371 g/mol. The quantitative estimate of drug-likeness (QED) is 0.708. The van der Waals surface area contributed by atoms with E-state index in [1.165, 1.54) is 5.56 Å². The lowest BCUT2D eigenvalue weighted by Crippen LogP contribution is -2.47. The fraction of sp³-hybridized carbons (Fsp3) is 0.400. The third-order valence-electron chi connectivity index (χ3n) is 4.45. The van der Waals surface area contributed by atoms with Gasteiger partial charge in [-0.25, -0.2) is 0 Å². The summed E-state index contributed by atoms with van der Waals surface area (Å²) in [4.78, 5) is 5.00. The smallest absolute Gasteiger partial charge is 0.119 e. The van der Waals surface area contributed by atoms with Gasteiger partial charge in [-0.1, -0.05) is 30.3 Å². The summed E-state index contributed by atoms with van der Waals surface area (Å²) in [5.74, 6) is 1.76. The van der Waals surface area contributed by atoms with E-state index in [1.54, 1.807) is 7.11 Å². The summed E-state index contributed by atoms with van der Waals surface area (Å²) in [6.45, 7) is 7.22. The molecule has 1 fully saturated rings. The molecule has 1 saturated heterocycles. The Morgan fingerprint density at radius 1 is 0.769 bits per heavy atom. The molecule has 0 radical (unpaired) electrons. The highest BCUT2D eigenvalue weighted by Crippen LogP contribution is 2.17. The Kier molecular flexibility index (Phi) is 10.4. The fourth-order valence-electron chi connectivity index (χ4n) is 2.98. The number of rotatable bonds is 7. The highest BCUT2D eigenvalue weighted by atomic mass is 35.5. The number of methoxy groups -OCH3 is 1. The van der Waals surface area contributed by atoms with Gasteiger partial charge in [-0.15, -0.1) is 24.8 Å². The van der Waals surface area contributed by atoms with Crippen molar-refractivity contribution in [2.75, 3.05) is 46.4 Å². The van der Waals surface area contributed by atoms with Crippen LogP contribution in [0, 0.1) is 0 Å². The van der Waals surface area contributed by atoms with E-state index < -0.39 is 0 Å². The molecule has 0 N–H and O–H groups in total. The van der Waals surface area contributed by atoms with Crippen LogP contribution in [-0.4, -0.2) is 56.2 Å². The largest absolute Gasteiger partial charge is 0.497 e. The zero-order valence-electron chi connectivity index (χ0n) is 15.2. The number of ether oxygens (including phenoxy) is 2. The maximum atomic E-state index is 5.82. The van der Waals surface area contributed by atoms with E-state index in [-0.39, 0.29) is 24.8 Å². The average Bonchev–Trinajstić information content (AvgIpc) is 2.65. The second-order valence-electron chi connectivity index (χ2n) is 6.13. The highest BCUT2D eigenvalue weighted by molar-refractivity contribution is 5.85. The van der Waals surface area contributed by atoms with Crippen molar-refractivity contribution in [1.82, 2.24) is 9.80 Å². The number of halogens is 2. The molecule has 0 aromatic heterocycles. The summed E-state index contributed by atoms with van der Waals surface area (Å²) in [5.41, 5.74) is 1.40. The minimum absolute atomic E-state index is 0. The van der Waals surface area contributed by atoms with Crippen LogP contribution in [0.3, 0.4) is 0 Å². The normalized spacial score (nSPS) is 14.8. The highest BCUT2D eigenvalue weighted by Gasteiger charge is 2.16. The Morgan fingerprint density at radius 2 is 1.35 bits per heavy atom. The third-order valence-corrected chi connectivity index (χ3v) is 4.45. The first-order valence-corrected chi connectivity index (χ1v) is 8.59. The Balaban J connectivity index is 0.00000169. The zero-order chi connectivity index (χ0) is 16.6. The third kappa shape index (κ3) is 7.04. The lowest BCUT2D eigenvalue weighted by atomic mass is 10.2. The standard InChI is InChI=1S/C20H26N2O2.2ClH/c1-23-19-7-9-20(10-8-19)24-16-15-21-11-13-22(14-12-21)17-18-5-3-2-4-6-18;;/h2-10H,11-17H2,1H3;2*1H. The van der Waals surface area contributed by atoms with Gasteiger partial charge in [0.05, 0.1) is 7.11 Å². The van der Waals surface area contributed by atoms with Crippen molar-refractivity contribution in [3.05, 3.63) is 60.2 Å². The van der Waals surface area contributed by atoms with Crippen LogP contribution in [0.25, 0.3) is 0 Å². The van der Waals surface area contributed by atoms with Crippen LogP contribution in [0.2, 0.25) is 0 Å². The van der Waals surface area contributed by atoms with Gasteiger partial charge in [0.1, 0.15) is 18.1 Å². The van der Waals surface area contributed by atoms with Crippen LogP contribution >= 0.6 is 24.8 Å².